The first-order valence-electron chi connectivity index (χ1n) is 3.16. The van der Waals surface area contributed by atoms with Crippen molar-refractivity contribution in [2.24, 2.45) is 0 Å². The number of hydrogen-bond acceptors (Lipinski definition) is 6. The van der Waals surface area contributed by atoms with Gasteiger partial charge in [0.15, 0.2) is 0 Å². The molecule has 0 bridgehead atoms. The van der Waals surface area contributed by atoms with Crippen LogP contribution >= 0.6 is 0 Å². The van der Waals surface area contributed by atoms with Crippen LogP contribution in [0.1, 0.15) is 0 Å². The van der Waals surface area contributed by atoms with Crippen molar-refractivity contribution in [1.29, 1.82) is 0 Å². The Labute approximate surface area is 73.0 Å². The second kappa shape index (κ2) is 2.62. The molecule has 0 amide bonds. The van der Waals surface area contributed by atoms with Crippen molar-refractivity contribution in [2.75, 3.05) is 0 Å². The van der Waals surface area contributed by atoms with E-state index in [1.165, 1.54) is 0 Å². The Balaban J connectivity index is 2.56. The van der Waals surface area contributed by atoms with Crippen molar-refractivity contribution in [1.82, 2.24) is 28.3 Å². The smallest absolute Gasteiger partial charge is 0.197 e. The SMILES string of the molecule is O=S(=O)(n1cnnc1)n1cnnc1. The Morgan fingerprint density at radius 3 is 1.38 bits per heavy atom. The van der Waals surface area contributed by atoms with Gasteiger partial charge in [0.05, 0.1) is 0 Å². The summed E-state index contributed by atoms with van der Waals surface area (Å²) in [7, 11) is -3.67. The first-order valence-corrected chi connectivity index (χ1v) is 4.56. The number of hydrogen-bond donors (Lipinski definition) is 0. The zero-order chi connectivity index (χ0) is 9.31. The van der Waals surface area contributed by atoms with Crippen LogP contribution in [0.5, 0.6) is 0 Å². The molecule has 2 aromatic rings. The minimum Gasteiger partial charge on any atom is -0.197 e. The lowest BCUT2D eigenvalue weighted by Crippen LogP contribution is -2.18. The fourth-order valence-corrected chi connectivity index (χ4v) is 1.59. The van der Waals surface area contributed by atoms with Crippen LogP contribution in [0, 0.1) is 0 Å². The Bertz CT molecular complexity index is 430. The molecule has 9 heteroatoms. The number of rotatable bonds is 2. The summed E-state index contributed by atoms with van der Waals surface area (Å²) < 4.78 is 24.8. The summed E-state index contributed by atoms with van der Waals surface area (Å²) in [5.74, 6) is 0. The second-order valence-electron chi connectivity index (χ2n) is 2.09. The lowest BCUT2D eigenvalue weighted by molar-refractivity contribution is 0.577. The molecule has 0 spiro atoms. The molecular weight excluding hydrogens is 196 g/mol. The van der Waals surface area contributed by atoms with Gasteiger partial charge in [-0.05, 0) is 0 Å². The lowest BCUT2D eigenvalue weighted by Gasteiger charge is -2.01. The van der Waals surface area contributed by atoms with Gasteiger partial charge in [0.25, 0.3) is 0 Å². The zero-order valence-corrected chi connectivity index (χ0v) is 7.03. The quantitative estimate of drug-likeness (QED) is 0.586. The van der Waals surface area contributed by atoms with E-state index in [1.54, 1.807) is 0 Å². The first-order chi connectivity index (χ1) is 6.21. The Morgan fingerprint density at radius 1 is 0.769 bits per heavy atom. The lowest BCUT2D eigenvalue weighted by atomic mass is 11.3. The summed E-state index contributed by atoms with van der Waals surface area (Å²) in [6, 6.07) is 0. The normalized spacial score (nSPS) is 11.7. The van der Waals surface area contributed by atoms with Crippen LogP contribution in [0.4, 0.5) is 0 Å². The molecule has 68 valence electrons. The molecule has 0 aromatic carbocycles. The predicted molar refractivity (Wildman–Crippen MR) is 39.8 cm³/mol. The highest BCUT2D eigenvalue weighted by molar-refractivity contribution is 7.88. The second-order valence-corrected chi connectivity index (χ2v) is 3.83. The number of aromatic nitrogens is 6. The van der Waals surface area contributed by atoms with Gasteiger partial charge in [0.1, 0.15) is 25.3 Å². The van der Waals surface area contributed by atoms with Crippen molar-refractivity contribution < 1.29 is 8.42 Å². The van der Waals surface area contributed by atoms with E-state index in [-0.39, 0.29) is 0 Å². The van der Waals surface area contributed by atoms with Crippen LogP contribution in [-0.2, 0) is 10.2 Å². The van der Waals surface area contributed by atoms with Gasteiger partial charge in [-0.25, -0.2) is 0 Å². The molecule has 0 aliphatic carbocycles. The van der Waals surface area contributed by atoms with E-state index in [9.17, 15) is 8.42 Å². The molecule has 0 radical (unpaired) electrons. The average Bonchev–Trinajstić information content (AvgIpc) is 2.78. The summed E-state index contributed by atoms with van der Waals surface area (Å²) >= 11 is 0. The fraction of sp³-hybridized carbons (Fsp3) is 0. The molecule has 0 N–H and O–H groups in total. The van der Waals surface area contributed by atoms with Gasteiger partial charge >= 0.3 is 10.2 Å². The Kier molecular flexibility index (Phi) is 1.59. The Hall–Kier alpha value is -1.77. The first kappa shape index (κ1) is 7.86. The molecule has 2 heterocycles. The van der Waals surface area contributed by atoms with Gasteiger partial charge in [-0.2, -0.15) is 16.4 Å². The van der Waals surface area contributed by atoms with Crippen molar-refractivity contribution in [2.45, 2.75) is 0 Å². The average molecular weight is 200 g/mol. The maximum Gasteiger partial charge on any atom is 0.338 e. The van der Waals surface area contributed by atoms with Crippen molar-refractivity contribution in [3.8, 4) is 0 Å². The highest BCUT2D eigenvalue weighted by Crippen LogP contribution is 1.97. The molecule has 0 atom stereocenters. The van der Waals surface area contributed by atoms with Gasteiger partial charge in [-0.1, -0.05) is 0 Å². The molecule has 0 fully saturated rings. The van der Waals surface area contributed by atoms with E-state index < -0.39 is 10.2 Å². The van der Waals surface area contributed by atoms with E-state index >= 15 is 0 Å². The van der Waals surface area contributed by atoms with Gasteiger partial charge in [0.2, 0.25) is 0 Å². The molecule has 8 nitrogen and oxygen atoms in total. The van der Waals surface area contributed by atoms with Crippen molar-refractivity contribution in [3.05, 3.63) is 25.3 Å². The van der Waals surface area contributed by atoms with E-state index in [0.29, 0.717) is 0 Å². The van der Waals surface area contributed by atoms with Gasteiger partial charge < -0.3 is 0 Å². The molecule has 0 unspecified atom stereocenters. The topological polar surface area (TPSA) is 95.6 Å². The zero-order valence-electron chi connectivity index (χ0n) is 6.22. The highest BCUT2D eigenvalue weighted by atomic mass is 32.2. The standard InChI is InChI=1S/C4H4N6O2S/c11-13(12,9-1-5-6-2-9)10-3-7-8-4-10/h1-4H. The molecule has 0 saturated carbocycles. The minimum atomic E-state index is -3.67. The van der Waals surface area contributed by atoms with Crippen LogP contribution in [0.25, 0.3) is 0 Å². The Morgan fingerprint density at radius 2 is 1.08 bits per heavy atom. The van der Waals surface area contributed by atoms with E-state index in [0.717, 1.165) is 33.3 Å². The predicted octanol–water partition coefficient (Wildman–Crippen LogP) is -1.49. The van der Waals surface area contributed by atoms with Crippen LogP contribution in [-0.4, -0.2) is 36.8 Å². The molecule has 0 aliphatic heterocycles. The highest BCUT2D eigenvalue weighted by Gasteiger charge is 2.14. The summed E-state index contributed by atoms with van der Waals surface area (Å²) in [4.78, 5) is 0. The molecule has 0 aliphatic rings. The molecule has 2 rings (SSSR count). The van der Waals surface area contributed by atoms with Crippen molar-refractivity contribution >= 4 is 10.2 Å². The maximum absolute atomic E-state index is 11.5. The minimum absolute atomic E-state index is 0.857. The molecule has 13 heavy (non-hydrogen) atoms. The maximum atomic E-state index is 11.5. The van der Waals surface area contributed by atoms with Gasteiger partial charge in [-0.3, -0.25) is 0 Å². The van der Waals surface area contributed by atoms with E-state index in [2.05, 4.69) is 20.4 Å². The largest absolute Gasteiger partial charge is 0.338 e. The third-order valence-corrected chi connectivity index (χ3v) is 2.77. The van der Waals surface area contributed by atoms with Gasteiger partial charge in [0, 0.05) is 0 Å². The monoisotopic (exact) mass is 200 g/mol. The number of nitrogens with zero attached hydrogens (tertiary/aromatic N) is 6. The summed E-state index contributed by atoms with van der Waals surface area (Å²) in [6.07, 6.45) is 4.31. The van der Waals surface area contributed by atoms with Crippen LogP contribution in [0.2, 0.25) is 0 Å². The summed E-state index contributed by atoms with van der Waals surface area (Å²) in [5, 5.41) is 13.5. The molecule has 0 saturated heterocycles. The molecular formula is C4H4N6O2S. The third-order valence-electron chi connectivity index (χ3n) is 1.33. The fourth-order valence-electron chi connectivity index (χ4n) is 0.730. The van der Waals surface area contributed by atoms with Gasteiger partial charge in [-0.15, -0.1) is 20.4 Å². The van der Waals surface area contributed by atoms with E-state index in [4.69, 9.17) is 0 Å². The summed E-state index contributed by atoms with van der Waals surface area (Å²) in [6.45, 7) is 0. The third kappa shape index (κ3) is 1.18. The van der Waals surface area contributed by atoms with E-state index in [1.807, 2.05) is 0 Å². The van der Waals surface area contributed by atoms with Crippen LogP contribution in [0.15, 0.2) is 25.3 Å². The van der Waals surface area contributed by atoms with Crippen LogP contribution < -0.4 is 0 Å². The molecule has 2 aromatic heterocycles. The summed E-state index contributed by atoms with van der Waals surface area (Å²) in [5.41, 5.74) is 0. The van der Waals surface area contributed by atoms with Crippen molar-refractivity contribution in [3.63, 3.8) is 0 Å². The van der Waals surface area contributed by atoms with Crippen LogP contribution in [0.3, 0.4) is 0 Å².